The number of aromatic amines is 1. The van der Waals surface area contributed by atoms with Crippen molar-refractivity contribution in [2.45, 2.75) is 6.92 Å². The molecule has 0 saturated heterocycles. The first kappa shape index (κ1) is 15.6. The van der Waals surface area contributed by atoms with Crippen molar-refractivity contribution in [3.8, 4) is 5.75 Å². The predicted octanol–water partition coefficient (Wildman–Crippen LogP) is 2.60. The summed E-state index contributed by atoms with van der Waals surface area (Å²) >= 11 is 5.71. The number of ether oxygens (including phenoxy) is 1. The van der Waals surface area contributed by atoms with Crippen molar-refractivity contribution >= 4 is 23.3 Å². The third-order valence-corrected chi connectivity index (χ3v) is 2.97. The lowest BCUT2D eigenvalue weighted by Crippen LogP contribution is -2.18. The van der Waals surface area contributed by atoms with Crippen molar-refractivity contribution in [1.82, 2.24) is 4.98 Å². The Hall–Kier alpha value is -2.74. The lowest BCUT2D eigenvalue weighted by atomic mass is 10.2. The normalized spacial score (nSPS) is 10.3. The molecule has 0 amide bonds. The van der Waals surface area contributed by atoms with Gasteiger partial charge in [-0.1, -0.05) is 17.7 Å². The van der Waals surface area contributed by atoms with Crippen LogP contribution in [0.4, 0.5) is 10.1 Å². The first-order chi connectivity index (χ1) is 10.3. The van der Waals surface area contributed by atoms with E-state index in [9.17, 15) is 24.1 Å². The van der Waals surface area contributed by atoms with Gasteiger partial charge in [-0.25, -0.2) is 9.18 Å². The molecule has 114 valence electrons. The Labute approximate surface area is 127 Å². The number of carbonyl (C=O) groups excluding carboxylic acids is 1. The number of halogens is 2. The van der Waals surface area contributed by atoms with Crippen LogP contribution >= 0.6 is 11.6 Å². The maximum Gasteiger partial charge on any atom is 0.376 e. The molecule has 1 aromatic heterocycles. The summed E-state index contributed by atoms with van der Waals surface area (Å²) in [6.07, 6.45) is 0. The van der Waals surface area contributed by atoms with Crippen molar-refractivity contribution in [3.05, 3.63) is 66.8 Å². The van der Waals surface area contributed by atoms with Crippen molar-refractivity contribution in [2.24, 2.45) is 0 Å². The highest BCUT2D eigenvalue weighted by Gasteiger charge is 2.26. The zero-order valence-electron chi connectivity index (χ0n) is 11.1. The number of nitrogens with one attached hydrogen (secondary N) is 1. The molecule has 0 saturated carbocycles. The number of carbonyl (C=O) groups is 1. The van der Waals surface area contributed by atoms with Crippen LogP contribution < -0.4 is 10.3 Å². The van der Waals surface area contributed by atoms with E-state index < -0.39 is 39.3 Å². The first-order valence-corrected chi connectivity index (χ1v) is 6.23. The second-order valence-electron chi connectivity index (χ2n) is 4.24. The van der Waals surface area contributed by atoms with Gasteiger partial charge in [0.05, 0.1) is 9.95 Å². The molecule has 2 aromatic rings. The number of H-pyrrole nitrogens is 1. The van der Waals surface area contributed by atoms with E-state index in [0.29, 0.717) is 0 Å². The molecule has 0 unspecified atom stereocenters. The monoisotopic (exact) mass is 326 g/mol. The molecule has 0 fully saturated rings. The summed E-state index contributed by atoms with van der Waals surface area (Å²) in [4.78, 5) is 35.6. The fraction of sp³-hybridized carbons (Fsp3) is 0.0769. The zero-order valence-corrected chi connectivity index (χ0v) is 11.8. The van der Waals surface area contributed by atoms with Crippen molar-refractivity contribution in [3.63, 3.8) is 0 Å². The second-order valence-corrected chi connectivity index (χ2v) is 4.64. The summed E-state index contributed by atoms with van der Waals surface area (Å²) in [5.41, 5.74) is -2.33. The number of esters is 1. The Balaban J connectivity index is 2.49. The molecule has 0 spiro atoms. The van der Waals surface area contributed by atoms with E-state index in [1.165, 1.54) is 19.1 Å². The Morgan fingerprint density at radius 3 is 2.73 bits per heavy atom. The van der Waals surface area contributed by atoms with Crippen LogP contribution in [-0.2, 0) is 0 Å². The molecule has 7 nitrogen and oxygen atoms in total. The molecular formula is C13H8ClFN2O5. The number of aromatic nitrogens is 1. The number of benzene rings is 1. The number of pyridine rings is 1. The molecule has 0 bridgehead atoms. The highest BCUT2D eigenvalue weighted by atomic mass is 35.5. The molecule has 1 heterocycles. The van der Waals surface area contributed by atoms with Gasteiger partial charge in [0.25, 0.3) is 0 Å². The maximum absolute atomic E-state index is 13.6. The fourth-order valence-electron chi connectivity index (χ4n) is 1.75. The van der Waals surface area contributed by atoms with Crippen LogP contribution in [0, 0.1) is 22.9 Å². The topological polar surface area (TPSA) is 102 Å². The summed E-state index contributed by atoms with van der Waals surface area (Å²) in [6.45, 7) is 1.44. The molecule has 2 rings (SSSR count). The van der Waals surface area contributed by atoms with Crippen LogP contribution in [0.3, 0.4) is 0 Å². The molecule has 1 N–H and O–H groups in total. The summed E-state index contributed by atoms with van der Waals surface area (Å²) in [5, 5.41) is 10.7. The second kappa shape index (κ2) is 5.94. The van der Waals surface area contributed by atoms with Gasteiger partial charge in [0, 0.05) is 11.8 Å². The predicted molar refractivity (Wildman–Crippen MR) is 74.8 cm³/mol. The van der Waals surface area contributed by atoms with Gasteiger partial charge in [-0.2, -0.15) is 0 Å². The zero-order chi connectivity index (χ0) is 16.4. The lowest BCUT2D eigenvalue weighted by molar-refractivity contribution is -0.387. The van der Waals surface area contributed by atoms with Gasteiger partial charge in [0.2, 0.25) is 5.75 Å². The van der Waals surface area contributed by atoms with Gasteiger partial charge >= 0.3 is 17.2 Å². The van der Waals surface area contributed by atoms with E-state index in [1.807, 2.05) is 0 Å². The number of hydrogen-bond acceptors (Lipinski definition) is 5. The van der Waals surface area contributed by atoms with Crippen LogP contribution in [0.1, 0.15) is 16.1 Å². The Morgan fingerprint density at radius 1 is 1.45 bits per heavy atom. The van der Waals surface area contributed by atoms with Crippen molar-refractivity contribution in [1.29, 1.82) is 0 Å². The summed E-state index contributed by atoms with van der Waals surface area (Å²) < 4.78 is 18.4. The minimum Gasteiger partial charge on any atom is -0.415 e. The Morgan fingerprint density at radius 2 is 2.14 bits per heavy atom. The van der Waals surface area contributed by atoms with Crippen LogP contribution in [0.25, 0.3) is 0 Å². The van der Waals surface area contributed by atoms with Crippen LogP contribution in [0.2, 0.25) is 5.02 Å². The number of nitro groups is 1. The summed E-state index contributed by atoms with van der Waals surface area (Å²) in [5.74, 6) is -2.77. The number of nitrogens with zero attached hydrogens (tertiary/aromatic N) is 1. The third-order valence-electron chi connectivity index (χ3n) is 2.66. The molecule has 0 aliphatic heterocycles. The van der Waals surface area contributed by atoms with Crippen LogP contribution in [0.15, 0.2) is 29.1 Å². The van der Waals surface area contributed by atoms with Gasteiger partial charge in [-0.15, -0.1) is 0 Å². The van der Waals surface area contributed by atoms with E-state index in [4.69, 9.17) is 16.3 Å². The lowest BCUT2D eigenvalue weighted by Gasteiger charge is -2.07. The average molecular weight is 327 g/mol. The molecule has 22 heavy (non-hydrogen) atoms. The standard InChI is InChI=1S/C13H8ClFN2O5/c1-6-5-9(11(17(20)21)12(18)16-6)22-13(19)10-7(14)3-2-4-8(10)15/h2-5H,1H3,(H,16,18). The molecule has 0 radical (unpaired) electrons. The highest BCUT2D eigenvalue weighted by Crippen LogP contribution is 2.26. The minimum absolute atomic E-state index is 0.214. The largest absolute Gasteiger partial charge is 0.415 e. The molecule has 0 aliphatic carbocycles. The van der Waals surface area contributed by atoms with Crippen LogP contribution in [-0.4, -0.2) is 15.9 Å². The van der Waals surface area contributed by atoms with E-state index in [2.05, 4.69) is 4.98 Å². The van der Waals surface area contributed by atoms with Gasteiger partial charge in [0.1, 0.15) is 11.4 Å². The van der Waals surface area contributed by atoms with E-state index in [1.54, 1.807) is 0 Å². The Bertz CT molecular complexity index is 813. The van der Waals surface area contributed by atoms with Crippen LogP contribution in [0.5, 0.6) is 5.75 Å². The molecule has 9 heteroatoms. The van der Waals surface area contributed by atoms with Gasteiger partial charge < -0.3 is 9.72 Å². The number of rotatable bonds is 3. The number of aryl methyl sites for hydroxylation is 1. The highest BCUT2D eigenvalue weighted by molar-refractivity contribution is 6.33. The maximum atomic E-state index is 13.6. The van der Waals surface area contributed by atoms with Gasteiger partial charge in [0.15, 0.2) is 0 Å². The first-order valence-electron chi connectivity index (χ1n) is 5.85. The Kier molecular flexibility index (Phi) is 4.22. The fourth-order valence-corrected chi connectivity index (χ4v) is 1.99. The average Bonchev–Trinajstić information content (AvgIpc) is 2.36. The number of hydrogen-bond donors (Lipinski definition) is 1. The molecule has 1 aromatic carbocycles. The van der Waals surface area contributed by atoms with E-state index in [0.717, 1.165) is 12.1 Å². The molecular weight excluding hydrogens is 319 g/mol. The van der Waals surface area contributed by atoms with Crippen molar-refractivity contribution < 1.29 is 18.8 Å². The molecule has 0 atom stereocenters. The van der Waals surface area contributed by atoms with Crippen molar-refractivity contribution in [2.75, 3.05) is 0 Å². The third kappa shape index (κ3) is 2.96. The summed E-state index contributed by atoms with van der Waals surface area (Å²) in [6, 6.07) is 4.62. The van der Waals surface area contributed by atoms with E-state index >= 15 is 0 Å². The summed E-state index contributed by atoms with van der Waals surface area (Å²) in [7, 11) is 0. The quantitative estimate of drug-likeness (QED) is 0.530. The molecule has 0 aliphatic rings. The van der Waals surface area contributed by atoms with Gasteiger partial charge in [-0.05, 0) is 19.1 Å². The van der Waals surface area contributed by atoms with Gasteiger partial charge in [-0.3, -0.25) is 14.9 Å². The smallest absolute Gasteiger partial charge is 0.376 e. The minimum atomic E-state index is -1.24. The SMILES string of the molecule is Cc1cc(OC(=O)c2c(F)cccc2Cl)c([N+](=O)[O-])c(=O)[nH]1. The van der Waals surface area contributed by atoms with E-state index in [-0.39, 0.29) is 10.7 Å².